The van der Waals surface area contributed by atoms with Crippen molar-refractivity contribution in [2.45, 2.75) is 19.9 Å². The molecular formula is C13H15BrN2O4. The van der Waals surface area contributed by atoms with Gasteiger partial charge in [0.15, 0.2) is 0 Å². The number of carboxylic acid groups (broad SMARTS) is 1. The summed E-state index contributed by atoms with van der Waals surface area (Å²) in [6, 6.07) is 4.90. The third-order valence-electron chi connectivity index (χ3n) is 3.72. The third kappa shape index (κ3) is 2.83. The van der Waals surface area contributed by atoms with Crippen LogP contribution in [0.25, 0.3) is 0 Å². The lowest BCUT2D eigenvalue weighted by molar-refractivity contribution is -0.385. The van der Waals surface area contributed by atoms with Crippen LogP contribution < -0.4 is 0 Å². The molecule has 1 atom stereocenters. The van der Waals surface area contributed by atoms with E-state index in [4.69, 9.17) is 0 Å². The Bertz CT molecular complexity index is 563. The second-order valence-electron chi connectivity index (χ2n) is 5.33. The predicted octanol–water partition coefficient (Wildman–Crippen LogP) is 2.65. The monoisotopic (exact) mass is 342 g/mol. The zero-order valence-electron chi connectivity index (χ0n) is 11.0. The van der Waals surface area contributed by atoms with Crippen LogP contribution in [0.2, 0.25) is 0 Å². The average molecular weight is 343 g/mol. The first-order valence-electron chi connectivity index (χ1n) is 6.21. The Kier molecular flexibility index (Phi) is 4.10. The molecule has 20 heavy (non-hydrogen) atoms. The van der Waals surface area contributed by atoms with Gasteiger partial charge in [0.1, 0.15) is 0 Å². The van der Waals surface area contributed by atoms with Crippen LogP contribution in [0.4, 0.5) is 5.69 Å². The standard InChI is InChI=1S/C13H15BrN2O4/c1-13(12(17)18)5-6-15(8-13)7-9-3-2-4-10(11(9)14)16(19)20/h2-4H,5-8H2,1H3,(H,17,18). The third-order valence-corrected chi connectivity index (χ3v) is 4.63. The van der Waals surface area contributed by atoms with Crippen molar-refractivity contribution in [3.63, 3.8) is 0 Å². The van der Waals surface area contributed by atoms with Gasteiger partial charge in [0.25, 0.3) is 5.69 Å². The van der Waals surface area contributed by atoms with Crippen LogP contribution in [0.3, 0.4) is 0 Å². The molecule has 1 aromatic rings. The first-order chi connectivity index (χ1) is 9.33. The summed E-state index contributed by atoms with van der Waals surface area (Å²) in [4.78, 5) is 23.7. The van der Waals surface area contributed by atoms with E-state index in [-0.39, 0.29) is 5.69 Å². The summed E-state index contributed by atoms with van der Waals surface area (Å²) in [5.74, 6) is -0.793. The predicted molar refractivity (Wildman–Crippen MR) is 76.4 cm³/mol. The molecule has 0 amide bonds. The fourth-order valence-electron chi connectivity index (χ4n) is 2.44. The minimum atomic E-state index is -0.793. The first-order valence-corrected chi connectivity index (χ1v) is 7.00. The molecule has 1 heterocycles. The topological polar surface area (TPSA) is 83.7 Å². The Morgan fingerprint density at radius 2 is 2.30 bits per heavy atom. The number of hydrogen-bond donors (Lipinski definition) is 1. The molecular weight excluding hydrogens is 328 g/mol. The van der Waals surface area contributed by atoms with Gasteiger partial charge >= 0.3 is 5.97 Å². The van der Waals surface area contributed by atoms with Crippen LogP contribution in [0, 0.1) is 15.5 Å². The molecule has 1 aliphatic rings. The summed E-state index contributed by atoms with van der Waals surface area (Å²) >= 11 is 3.26. The molecule has 7 heteroatoms. The van der Waals surface area contributed by atoms with Crippen molar-refractivity contribution in [3.05, 3.63) is 38.3 Å². The van der Waals surface area contributed by atoms with E-state index in [0.717, 1.165) is 5.56 Å². The normalized spacial score (nSPS) is 22.9. The van der Waals surface area contributed by atoms with Gasteiger partial charge in [-0.05, 0) is 41.4 Å². The van der Waals surface area contributed by atoms with Crippen molar-refractivity contribution in [2.24, 2.45) is 5.41 Å². The molecule has 1 saturated heterocycles. The summed E-state index contributed by atoms with van der Waals surface area (Å²) in [5, 5.41) is 20.1. The molecule has 1 unspecified atom stereocenters. The van der Waals surface area contributed by atoms with Crippen LogP contribution >= 0.6 is 15.9 Å². The summed E-state index contributed by atoms with van der Waals surface area (Å²) in [6.45, 7) is 3.37. The van der Waals surface area contributed by atoms with Gasteiger partial charge in [-0.2, -0.15) is 0 Å². The Morgan fingerprint density at radius 3 is 2.85 bits per heavy atom. The quantitative estimate of drug-likeness (QED) is 0.671. The summed E-state index contributed by atoms with van der Waals surface area (Å²) in [6.07, 6.45) is 0.592. The van der Waals surface area contributed by atoms with Gasteiger partial charge in [0.2, 0.25) is 0 Å². The zero-order chi connectivity index (χ0) is 14.9. The van der Waals surface area contributed by atoms with Gasteiger partial charge in [-0.25, -0.2) is 0 Å². The second kappa shape index (κ2) is 5.49. The Hall–Kier alpha value is -1.47. The minimum absolute atomic E-state index is 0.0303. The highest BCUT2D eigenvalue weighted by Gasteiger charge is 2.40. The molecule has 0 saturated carbocycles. The molecule has 0 aliphatic carbocycles. The van der Waals surface area contributed by atoms with Gasteiger partial charge in [0, 0.05) is 19.2 Å². The van der Waals surface area contributed by atoms with E-state index in [2.05, 4.69) is 15.9 Å². The maximum Gasteiger partial charge on any atom is 0.310 e. The number of carboxylic acids is 1. The number of nitro benzene ring substituents is 1. The molecule has 0 bridgehead atoms. The van der Waals surface area contributed by atoms with Crippen LogP contribution in [-0.2, 0) is 11.3 Å². The highest BCUT2D eigenvalue weighted by Crippen LogP contribution is 2.34. The SMILES string of the molecule is CC1(C(=O)O)CCN(Cc2cccc([N+](=O)[O-])c2Br)C1. The molecule has 1 N–H and O–H groups in total. The first kappa shape index (κ1) is 14.9. The van der Waals surface area contributed by atoms with E-state index in [1.165, 1.54) is 6.07 Å². The van der Waals surface area contributed by atoms with Crippen molar-refractivity contribution in [3.8, 4) is 0 Å². The van der Waals surface area contributed by atoms with Crippen molar-refractivity contribution in [1.29, 1.82) is 0 Å². The average Bonchev–Trinajstić information content (AvgIpc) is 2.75. The fourth-order valence-corrected chi connectivity index (χ4v) is 2.97. The zero-order valence-corrected chi connectivity index (χ0v) is 12.6. The fraction of sp³-hybridized carbons (Fsp3) is 0.462. The van der Waals surface area contributed by atoms with E-state index >= 15 is 0 Å². The van der Waals surface area contributed by atoms with Crippen LogP contribution in [0.15, 0.2) is 22.7 Å². The van der Waals surface area contributed by atoms with Crippen molar-refractivity contribution in [2.75, 3.05) is 13.1 Å². The largest absolute Gasteiger partial charge is 0.481 e. The highest BCUT2D eigenvalue weighted by atomic mass is 79.9. The molecule has 0 spiro atoms. The summed E-state index contributed by atoms with van der Waals surface area (Å²) in [7, 11) is 0. The van der Waals surface area contributed by atoms with E-state index in [0.29, 0.717) is 30.5 Å². The molecule has 6 nitrogen and oxygen atoms in total. The number of aliphatic carboxylic acids is 1. The van der Waals surface area contributed by atoms with Crippen LogP contribution in [0.1, 0.15) is 18.9 Å². The molecule has 1 aromatic carbocycles. The van der Waals surface area contributed by atoms with Crippen molar-refractivity contribution >= 4 is 27.6 Å². The number of hydrogen-bond acceptors (Lipinski definition) is 4. The van der Waals surface area contributed by atoms with Crippen LogP contribution in [-0.4, -0.2) is 34.0 Å². The lowest BCUT2D eigenvalue weighted by atomic mass is 9.90. The minimum Gasteiger partial charge on any atom is -0.481 e. The number of likely N-dealkylation sites (tertiary alicyclic amines) is 1. The number of halogens is 1. The smallest absolute Gasteiger partial charge is 0.310 e. The van der Waals surface area contributed by atoms with Gasteiger partial charge in [0.05, 0.1) is 14.8 Å². The second-order valence-corrected chi connectivity index (χ2v) is 6.13. The van der Waals surface area contributed by atoms with Crippen molar-refractivity contribution < 1.29 is 14.8 Å². The molecule has 2 rings (SSSR count). The Labute approximate surface area is 124 Å². The van der Waals surface area contributed by atoms with Gasteiger partial charge in [-0.3, -0.25) is 19.8 Å². The van der Waals surface area contributed by atoms with Gasteiger partial charge in [-0.1, -0.05) is 12.1 Å². The van der Waals surface area contributed by atoms with Crippen LogP contribution in [0.5, 0.6) is 0 Å². The molecule has 0 radical (unpaired) electrons. The number of carbonyl (C=O) groups is 1. The maximum atomic E-state index is 11.2. The lowest BCUT2D eigenvalue weighted by Gasteiger charge is -2.20. The Morgan fingerprint density at radius 1 is 1.60 bits per heavy atom. The summed E-state index contributed by atoms with van der Waals surface area (Å²) in [5.41, 5.74) is 0.101. The Balaban J connectivity index is 2.15. The van der Waals surface area contributed by atoms with E-state index < -0.39 is 16.3 Å². The maximum absolute atomic E-state index is 11.2. The lowest BCUT2D eigenvalue weighted by Crippen LogP contribution is -2.31. The van der Waals surface area contributed by atoms with Crippen molar-refractivity contribution in [1.82, 2.24) is 4.90 Å². The molecule has 0 aromatic heterocycles. The van der Waals surface area contributed by atoms with Gasteiger partial charge < -0.3 is 5.11 Å². The number of benzene rings is 1. The molecule has 108 valence electrons. The van der Waals surface area contributed by atoms with E-state index in [1.54, 1.807) is 13.0 Å². The number of rotatable bonds is 4. The summed E-state index contributed by atoms with van der Waals surface area (Å²) < 4.78 is 0.467. The van der Waals surface area contributed by atoms with E-state index in [1.807, 2.05) is 11.0 Å². The molecule has 1 aliphatic heterocycles. The van der Waals surface area contributed by atoms with Gasteiger partial charge in [-0.15, -0.1) is 0 Å². The molecule has 1 fully saturated rings. The number of nitrogens with zero attached hydrogens (tertiary/aromatic N) is 2. The highest BCUT2D eigenvalue weighted by molar-refractivity contribution is 9.10. The number of nitro groups is 1. The van der Waals surface area contributed by atoms with E-state index in [9.17, 15) is 20.0 Å².